The van der Waals surface area contributed by atoms with Crippen LogP contribution >= 0.6 is 11.3 Å². The Kier molecular flexibility index (Phi) is 3.88. The molecule has 0 fully saturated rings. The van der Waals surface area contributed by atoms with Crippen molar-refractivity contribution in [3.8, 4) is 10.6 Å². The molecule has 1 aliphatic carbocycles. The van der Waals surface area contributed by atoms with E-state index in [1.165, 1.54) is 5.56 Å². The normalized spacial score (nSPS) is 11.4. The fourth-order valence-electron chi connectivity index (χ4n) is 3.72. The summed E-state index contributed by atoms with van der Waals surface area (Å²) in [7, 11) is 0. The number of aryl methyl sites for hydroxylation is 2. The van der Waals surface area contributed by atoms with Gasteiger partial charge in [-0.15, -0.1) is 11.3 Å². The van der Waals surface area contributed by atoms with E-state index in [0.29, 0.717) is 11.1 Å². The monoisotopic (exact) mass is 382 g/mol. The summed E-state index contributed by atoms with van der Waals surface area (Å²) in [4.78, 5) is 19.2. The summed E-state index contributed by atoms with van der Waals surface area (Å²) >= 11 is 1.63. The van der Waals surface area contributed by atoms with Crippen LogP contribution in [-0.2, 0) is 0 Å². The predicted molar refractivity (Wildman–Crippen MR) is 119 cm³/mol. The summed E-state index contributed by atoms with van der Waals surface area (Å²) in [5.41, 5.74) is 5.72. The molecule has 0 saturated carbocycles. The van der Waals surface area contributed by atoms with Crippen molar-refractivity contribution >= 4 is 43.7 Å². The standard InChI is InChI=1S/C24H18N2OS/c1-14-12-15(2)20-19(13-14)28-24-21(26-20)17-10-6-7-11-18(17)23(27)22(24)25-16-8-4-3-5-9-16/h3-13,25H,1-2H3. The van der Waals surface area contributed by atoms with Crippen molar-refractivity contribution in [1.82, 2.24) is 4.98 Å². The summed E-state index contributed by atoms with van der Waals surface area (Å²) in [6.07, 6.45) is 0. The van der Waals surface area contributed by atoms with Crippen LogP contribution in [-0.4, -0.2) is 4.98 Å². The molecule has 0 bridgehead atoms. The molecule has 0 radical (unpaired) electrons. The Morgan fingerprint density at radius 2 is 1.61 bits per heavy atom. The number of nitrogens with zero attached hydrogens (tertiary/aromatic N) is 1. The maximum atomic E-state index is 13.3. The number of para-hydroxylation sites is 1. The van der Waals surface area contributed by atoms with Crippen molar-refractivity contribution < 1.29 is 0 Å². The van der Waals surface area contributed by atoms with Crippen LogP contribution in [0.3, 0.4) is 0 Å². The van der Waals surface area contributed by atoms with Gasteiger partial charge in [0.05, 0.1) is 20.8 Å². The van der Waals surface area contributed by atoms with E-state index in [-0.39, 0.29) is 5.43 Å². The molecule has 1 N–H and O–H groups in total. The van der Waals surface area contributed by atoms with Gasteiger partial charge in [0.15, 0.2) is 0 Å². The fourth-order valence-corrected chi connectivity index (χ4v) is 4.99. The third-order valence-electron chi connectivity index (χ3n) is 4.98. The first-order valence-electron chi connectivity index (χ1n) is 9.20. The Bertz CT molecular complexity index is 1370. The lowest BCUT2D eigenvalue weighted by molar-refractivity contribution is 1.36. The molecular formula is C24H18N2OS. The Labute approximate surface area is 166 Å². The van der Waals surface area contributed by atoms with Gasteiger partial charge in [0.2, 0.25) is 5.43 Å². The van der Waals surface area contributed by atoms with Crippen molar-refractivity contribution in [2.75, 3.05) is 5.32 Å². The molecule has 0 saturated heterocycles. The van der Waals surface area contributed by atoms with Gasteiger partial charge in [0.1, 0.15) is 5.69 Å². The van der Waals surface area contributed by atoms with Gasteiger partial charge in [-0.05, 0) is 43.2 Å². The van der Waals surface area contributed by atoms with Crippen LogP contribution < -0.4 is 10.7 Å². The average Bonchev–Trinajstić information content (AvgIpc) is 2.71. The number of rotatable bonds is 2. The summed E-state index contributed by atoms with van der Waals surface area (Å²) in [6, 6.07) is 21.8. The molecule has 0 unspecified atom stereocenters. The Morgan fingerprint density at radius 3 is 2.39 bits per heavy atom. The number of benzene rings is 4. The van der Waals surface area contributed by atoms with E-state index in [9.17, 15) is 4.79 Å². The van der Waals surface area contributed by atoms with Crippen LogP contribution in [0, 0.1) is 13.8 Å². The van der Waals surface area contributed by atoms with Gasteiger partial charge in [-0.1, -0.05) is 48.5 Å². The second-order valence-electron chi connectivity index (χ2n) is 7.06. The van der Waals surface area contributed by atoms with Crippen molar-refractivity contribution in [3.63, 3.8) is 0 Å². The molecule has 1 aliphatic heterocycles. The first-order chi connectivity index (χ1) is 13.6. The SMILES string of the molecule is Cc1cc(C)c2nc3c4ccccc4c(=O)c(Nc4ccccc4)c-3sc2c1. The average molecular weight is 382 g/mol. The maximum absolute atomic E-state index is 13.3. The molecule has 3 nitrogen and oxygen atoms in total. The Morgan fingerprint density at radius 1 is 0.893 bits per heavy atom. The molecule has 0 aromatic heterocycles. The van der Waals surface area contributed by atoms with Crippen LogP contribution in [0.25, 0.3) is 31.6 Å². The summed E-state index contributed by atoms with van der Waals surface area (Å²) in [6.45, 7) is 4.18. The van der Waals surface area contributed by atoms with E-state index in [4.69, 9.17) is 4.98 Å². The molecule has 5 rings (SSSR count). The highest BCUT2D eigenvalue weighted by Crippen LogP contribution is 2.40. The molecule has 4 heteroatoms. The van der Waals surface area contributed by atoms with E-state index < -0.39 is 0 Å². The summed E-state index contributed by atoms with van der Waals surface area (Å²) < 4.78 is 1.09. The van der Waals surface area contributed by atoms with Crippen molar-refractivity contribution in [2.45, 2.75) is 13.8 Å². The third-order valence-corrected chi connectivity index (χ3v) is 6.12. The number of nitrogens with one attached hydrogen (secondary N) is 1. The topological polar surface area (TPSA) is 42.0 Å². The van der Waals surface area contributed by atoms with Gasteiger partial charge < -0.3 is 5.32 Å². The first-order valence-corrected chi connectivity index (χ1v) is 10.0. The molecule has 1 heterocycles. The largest absolute Gasteiger partial charge is 0.351 e. The van der Waals surface area contributed by atoms with Gasteiger partial charge in [-0.3, -0.25) is 4.79 Å². The smallest absolute Gasteiger partial charge is 0.211 e. The molecule has 3 aromatic rings. The van der Waals surface area contributed by atoms with Gasteiger partial charge in [-0.25, -0.2) is 4.98 Å². The third kappa shape index (κ3) is 2.65. The fraction of sp³-hybridized carbons (Fsp3) is 0.0833. The van der Waals surface area contributed by atoms with Crippen LogP contribution in [0.2, 0.25) is 0 Å². The van der Waals surface area contributed by atoms with Gasteiger partial charge in [-0.2, -0.15) is 0 Å². The zero-order valence-corrected chi connectivity index (χ0v) is 16.4. The van der Waals surface area contributed by atoms with Crippen LogP contribution in [0.5, 0.6) is 0 Å². The lowest BCUT2D eigenvalue weighted by atomic mass is 10.0. The Balaban J connectivity index is 1.92. The highest BCUT2D eigenvalue weighted by atomic mass is 32.1. The van der Waals surface area contributed by atoms with Crippen molar-refractivity contribution in [1.29, 1.82) is 0 Å². The number of hydrogen-bond acceptors (Lipinski definition) is 4. The number of hydrogen-bond donors (Lipinski definition) is 1. The Hall–Kier alpha value is -3.24. The van der Waals surface area contributed by atoms with Gasteiger partial charge in [0, 0.05) is 16.5 Å². The molecule has 136 valence electrons. The minimum Gasteiger partial charge on any atom is -0.351 e. The molecule has 0 atom stereocenters. The first kappa shape index (κ1) is 16.9. The minimum atomic E-state index is 0.00808. The summed E-state index contributed by atoms with van der Waals surface area (Å²) in [5, 5.41) is 4.95. The maximum Gasteiger partial charge on any atom is 0.211 e. The molecule has 28 heavy (non-hydrogen) atoms. The predicted octanol–water partition coefficient (Wildman–Crippen LogP) is 6.27. The second kappa shape index (κ2) is 6.43. The molecular weight excluding hydrogens is 364 g/mol. The van der Waals surface area contributed by atoms with E-state index in [1.54, 1.807) is 11.3 Å². The quantitative estimate of drug-likeness (QED) is 0.289. The zero-order chi connectivity index (χ0) is 19.3. The lowest BCUT2D eigenvalue weighted by Crippen LogP contribution is -2.11. The molecule has 3 aromatic carbocycles. The molecule has 0 amide bonds. The van der Waals surface area contributed by atoms with E-state index in [0.717, 1.165) is 37.4 Å². The van der Waals surface area contributed by atoms with Crippen LogP contribution in [0.4, 0.5) is 11.4 Å². The van der Waals surface area contributed by atoms with E-state index in [2.05, 4.69) is 31.3 Å². The number of aromatic nitrogens is 1. The minimum absolute atomic E-state index is 0.00808. The summed E-state index contributed by atoms with van der Waals surface area (Å²) in [5.74, 6) is 0. The zero-order valence-electron chi connectivity index (χ0n) is 15.6. The van der Waals surface area contributed by atoms with Crippen LogP contribution in [0.15, 0.2) is 71.5 Å². The number of anilines is 2. The van der Waals surface area contributed by atoms with Crippen LogP contribution in [0.1, 0.15) is 11.1 Å². The van der Waals surface area contributed by atoms with E-state index in [1.807, 2.05) is 54.6 Å². The second-order valence-corrected chi connectivity index (χ2v) is 8.11. The van der Waals surface area contributed by atoms with Crippen molar-refractivity contribution in [2.24, 2.45) is 0 Å². The molecule has 0 spiro atoms. The highest BCUT2D eigenvalue weighted by molar-refractivity contribution is 7.22. The van der Waals surface area contributed by atoms with Gasteiger partial charge >= 0.3 is 0 Å². The van der Waals surface area contributed by atoms with Gasteiger partial charge in [0.25, 0.3) is 0 Å². The van der Waals surface area contributed by atoms with Crippen molar-refractivity contribution in [3.05, 3.63) is 88.1 Å². The lowest BCUT2D eigenvalue weighted by Gasteiger charge is -2.16. The number of fused-ring (bicyclic) bond motifs is 4. The highest BCUT2D eigenvalue weighted by Gasteiger charge is 2.21. The van der Waals surface area contributed by atoms with E-state index >= 15 is 0 Å². The molecule has 2 aliphatic rings.